The van der Waals surface area contributed by atoms with E-state index in [4.69, 9.17) is 0 Å². The van der Waals surface area contributed by atoms with E-state index >= 15 is 0 Å². The molecule has 6 nitrogen and oxygen atoms in total. The molecule has 0 aliphatic carbocycles. The van der Waals surface area contributed by atoms with Crippen molar-refractivity contribution in [2.75, 3.05) is 38.1 Å². The lowest BCUT2D eigenvalue weighted by Crippen LogP contribution is -2.44. The molecule has 3 aromatic rings. The maximum absolute atomic E-state index is 4.51. The molecular formula is C17H20N6. The van der Waals surface area contributed by atoms with E-state index in [1.807, 2.05) is 24.0 Å². The van der Waals surface area contributed by atoms with Crippen LogP contribution in [0.3, 0.4) is 0 Å². The number of nitrogens with zero attached hydrogens (tertiary/aromatic N) is 6. The summed E-state index contributed by atoms with van der Waals surface area (Å²) < 4.78 is 1.87. The van der Waals surface area contributed by atoms with E-state index in [9.17, 15) is 0 Å². The van der Waals surface area contributed by atoms with Gasteiger partial charge >= 0.3 is 0 Å². The van der Waals surface area contributed by atoms with Gasteiger partial charge in [-0.1, -0.05) is 0 Å². The number of hydrogen-bond donors (Lipinski definition) is 0. The maximum atomic E-state index is 4.51. The summed E-state index contributed by atoms with van der Waals surface area (Å²) in [6.07, 6.45) is 3.63. The lowest BCUT2D eigenvalue weighted by atomic mass is 10.2. The molecule has 0 N–H and O–H groups in total. The first-order valence-corrected chi connectivity index (χ1v) is 7.92. The minimum absolute atomic E-state index is 0.758. The number of aromatic nitrogens is 4. The normalized spacial score (nSPS) is 16.2. The van der Waals surface area contributed by atoms with Crippen molar-refractivity contribution in [2.24, 2.45) is 0 Å². The molecule has 1 aliphatic rings. The van der Waals surface area contributed by atoms with Gasteiger partial charge in [0.1, 0.15) is 5.82 Å². The molecule has 1 fully saturated rings. The average Bonchev–Trinajstić information content (AvgIpc) is 2.99. The monoisotopic (exact) mass is 308 g/mol. The van der Waals surface area contributed by atoms with E-state index in [1.165, 1.54) is 5.69 Å². The van der Waals surface area contributed by atoms with Gasteiger partial charge in [-0.2, -0.15) is 5.10 Å². The Morgan fingerprint density at radius 1 is 0.913 bits per heavy atom. The quantitative estimate of drug-likeness (QED) is 0.723. The number of likely N-dealkylation sites (N-methyl/N-ethyl adjacent to an activating group) is 1. The van der Waals surface area contributed by atoms with Crippen LogP contribution in [0.15, 0.2) is 36.7 Å². The Morgan fingerprint density at radius 3 is 2.35 bits per heavy atom. The Labute approximate surface area is 135 Å². The van der Waals surface area contributed by atoms with Gasteiger partial charge in [0.15, 0.2) is 5.65 Å². The Morgan fingerprint density at radius 2 is 1.61 bits per heavy atom. The first kappa shape index (κ1) is 14.1. The Bertz CT molecular complexity index is 815. The van der Waals surface area contributed by atoms with E-state index in [-0.39, 0.29) is 0 Å². The molecule has 1 saturated heterocycles. The second-order valence-corrected chi connectivity index (χ2v) is 6.06. The van der Waals surface area contributed by atoms with Crippen molar-refractivity contribution in [3.05, 3.63) is 42.5 Å². The molecule has 0 unspecified atom stereocenters. The second kappa shape index (κ2) is 5.62. The molecule has 6 heteroatoms. The fourth-order valence-corrected chi connectivity index (χ4v) is 2.96. The van der Waals surface area contributed by atoms with Crippen molar-refractivity contribution < 1.29 is 0 Å². The maximum Gasteiger partial charge on any atom is 0.166 e. The number of aryl methyl sites for hydroxylation is 1. The van der Waals surface area contributed by atoms with Crippen LogP contribution in [0.25, 0.3) is 16.7 Å². The van der Waals surface area contributed by atoms with Crippen LogP contribution in [0.4, 0.5) is 5.69 Å². The van der Waals surface area contributed by atoms with Gasteiger partial charge in [0.2, 0.25) is 0 Å². The van der Waals surface area contributed by atoms with Crippen molar-refractivity contribution in [1.29, 1.82) is 0 Å². The summed E-state index contributed by atoms with van der Waals surface area (Å²) >= 11 is 0. The van der Waals surface area contributed by atoms with Crippen molar-refractivity contribution in [3.63, 3.8) is 0 Å². The highest BCUT2D eigenvalue weighted by Gasteiger charge is 2.14. The van der Waals surface area contributed by atoms with Crippen LogP contribution in [0.5, 0.6) is 0 Å². The molecule has 23 heavy (non-hydrogen) atoms. The van der Waals surface area contributed by atoms with Crippen LogP contribution >= 0.6 is 0 Å². The predicted molar refractivity (Wildman–Crippen MR) is 91.1 cm³/mol. The number of rotatable bonds is 2. The highest BCUT2D eigenvalue weighted by Crippen LogP contribution is 2.21. The van der Waals surface area contributed by atoms with Crippen molar-refractivity contribution in [1.82, 2.24) is 24.6 Å². The van der Waals surface area contributed by atoms with Gasteiger partial charge in [0.05, 0.1) is 17.3 Å². The number of piperazine rings is 1. The van der Waals surface area contributed by atoms with Crippen LogP contribution in [0.2, 0.25) is 0 Å². The van der Waals surface area contributed by atoms with Crippen molar-refractivity contribution in [3.8, 4) is 5.69 Å². The lowest BCUT2D eigenvalue weighted by molar-refractivity contribution is 0.313. The molecule has 4 rings (SSSR count). The second-order valence-electron chi connectivity index (χ2n) is 6.06. The summed E-state index contributed by atoms with van der Waals surface area (Å²) in [4.78, 5) is 13.5. The fourth-order valence-electron chi connectivity index (χ4n) is 2.96. The third-order valence-corrected chi connectivity index (χ3v) is 4.39. The average molecular weight is 308 g/mol. The number of hydrogen-bond acceptors (Lipinski definition) is 5. The molecule has 0 atom stereocenters. The topological polar surface area (TPSA) is 50.1 Å². The van der Waals surface area contributed by atoms with Gasteiger partial charge < -0.3 is 9.80 Å². The van der Waals surface area contributed by atoms with E-state index < -0.39 is 0 Å². The Kier molecular flexibility index (Phi) is 3.46. The number of anilines is 1. The summed E-state index contributed by atoms with van der Waals surface area (Å²) in [7, 11) is 2.17. The molecule has 1 aromatic carbocycles. The first-order chi connectivity index (χ1) is 11.2. The zero-order valence-corrected chi connectivity index (χ0v) is 13.5. The molecule has 118 valence electrons. The third-order valence-electron chi connectivity index (χ3n) is 4.39. The number of benzene rings is 1. The van der Waals surface area contributed by atoms with Crippen LogP contribution in [-0.4, -0.2) is 57.9 Å². The third kappa shape index (κ3) is 2.66. The fraction of sp³-hybridized carbons (Fsp3) is 0.353. The molecule has 3 heterocycles. The zero-order valence-electron chi connectivity index (χ0n) is 13.5. The van der Waals surface area contributed by atoms with Gasteiger partial charge in [-0.3, -0.25) is 0 Å². The van der Waals surface area contributed by atoms with Crippen LogP contribution in [-0.2, 0) is 0 Å². The van der Waals surface area contributed by atoms with Crippen molar-refractivity contribution >= 4 is 16.7 Å². The summed E-state index contributed by atoms with van der Waals surface area (Å²) in [5.74, 6) is 0.758. The van der Waals surface area contributed by atoms with E-state index in [1.54, 1.807) is 0 Å². The van der Waals surface area contributed by atoms with E-state index in [0.29, 0.717) is 0 Å². The lowest BCUT2D eigenvalue weighted by Gasteiger charge is -2.34. The Balaban J connectivity index is 1.63. The molecule has 2 aromatic heterocycles. The van der Waals surface area contributed by atoms with Gasteiger partial charge in [-0.05, 0) is 38.2 Å². The highest BCUT2D eigenvalue weighted by molar-refractivity contribution is 5.75. The molecule has 0 amide bonds. The first-order valence-electron chi connectivity index (χ1n) is 7.92. The minimum atomic E-state index is 0.758. The van der Waals surface area contributed by atoms with Gasteiger partial charge in [0, 0.05) is 38.1 Å². The largest absolute Gasteiger partial charge is 0.369 e. The molecule has 1 aliphatic heterocycles. The van der Waals surface area contributed by atoms with Crippen LogP contribution in [0.1, 0.15) is 5.82 Å². The van der Waals surface area contributed by atoms with Gasteiger partial charge in [-0.25, -0.2) is 14.6 Å². The van der Waals surface area contributed by atoms with Gasteiger partial charge in [0.25, 0.3) is 0 Å². The molecular weight excluding hydrogens is 288 g/mol. The zero-order chi connectivity index (χ0) is 15.8. The predicted octanol–water partition coefficient (Wildman–Crippen LogP) is 1.88. The van der Waals surface area contributed by atoms with Gasteiger partial charge in [-0.15, -0.1) is 0 Å². The minimum Gasteiger partial charge on any atom is -0.369 e. The highest BCUT2D eigenvalue weighted by atomic mass is 15.3. The van der Waals surface area contributed by atoms with E-state index in [2.05, 4.69) is 56.2 Å². The SMILES string of the molecule is Cc1ncc2cnn(-c3ccc(N4CCN(C)CC4)cc3)c2n1. The molecule has 0 bridgehead atoms. The summed E-state index contributed by atoms with van der Waals surface area (Å²) in [5.41, 5.74) is 3.14. The summed E-state index contributed by atoms with van der Waals surface area (Å²) in [5, 5.41) is 5.41. The van der Waals surface area contributed by atoms with Crippen molar-refractivity contribution in [2.45, 2.75) is 6.92 Å². The smallest absolute Gasteiger partial charge is 0.166 e. The Hall–Kier alpha value is -2.47. The summed E-state index contributed by atoms with van der Waals surface area (Å²) in [6, 6.07) is 8.56. The van der Waals surface area contributed by atoms with E-state index in [0.717, 1.165) is 48.7 Å². The standard InChI is InChI=1S/C17H20N6/c1-13-18-11-14-12-19-23(17(14)20-13)16-5-3-15(4-6-16)22-9-7-21(2)8-10-22/h3-6,11-12H,7-10H2,1-2H3. The number of fused-ring (bicyclic) bond motifs is 1. The molecule has 0 saturated carbocycles. The van der Waals surface area contributed by atoms with Crippen LogP contribution < -0.4 is 4.90 Å². The molecule has 0 radical (unpaired) electrons. The van der Waals surface area contributed by atoms with Crippen LogP contribution in [0, 0.1) is 6.92 Å². The molecule has 0 spiro atoms. The summed E-state index contributed by atoms with van der Waals surface area (Å²) in [6.45, 7) is 6.27.